The van der Waals surface area contributed by atoms with E-state index in [2.05, 4.69) is 115 Å². The lowest BCUT2D eigenvalue weighted by Gasteiger charge is -2.26. The van der Waals surface area contributed by atoms with Crippen molar-refractivity contribution in [2.24, 2.45) is 4.99 Å². The van der Waals surface area contributed by atoms with Crippen molar-refractivity contribution in [1.29, 1.82) is 0 Å². The lowest BCUT2D eigenvalue weighted by molar-refractivity contribution is 0.560. The van der Waals surface area contributed by atoms with E-state index in [1.165, 1.54) is 16.7 Å². The van der Waals surface area contributed by atoms with Gasteiger partial charge in [-0.15, -0.1) is 0 Å². The van der Waals surface area contributed by atoms with Crippen LogP contribution in [-0.2, 0) is 17.3 Å². The first kappa shape index (κ1) is 22.7. The molecule has 0 heterocycles. The quantitative estimate of drug-likeness (QED) is 0.458. The van der Waals surface area contributed by atoms with Crippen molar-refractivity contribution in [2.75, 3.05) is 0 Å². The molecule has 0 aromatic heterocycles. The molecule has 0 atom stereocenters. The molecule has 0 aliphatic heterocycles. The fourth-order valence-electron chi connectivity index (χ4n) is 3.90. The highest BCUT2D eigenvalue weighted by Gasteiger charge is 2.21. The van der Waals surface area contributed by atoms with E-state index in [1.807, 2.05) is 12.3 Å². The van der Waals surface area contributed by atoms with Gasteiger partial charge in [0.1, 0.15) is 0 Å². The maximum atomic E-state index is 5.01. The molecular formula is C30H35N. The minimum Gasteiger partial charge on any atom is -0.260 e. The molecule has 0 fully saturated rings. The van der Waals surface area contributed by atoms with Crippen molar-refractivity contribution in [3.63, 3.8) is 0 Å². The summed E-state index contributed by atoms with van der Waals surface area (Å²) in [6.07, 6.45) is 2.82. The van der Waals surface area contributed by atoms with E-state index in [-0.39, 0.29) is 10.8 Å². The predicted octanol–water partition coefficient (Wildman–Crippen LogP) is 6.16. The van der Waals surface area contributed by atoms with Crippen LogP contribution in [0.5, 0.6) is 0 Å². The number of rotatable bonds is 4. The van der Waals surface area contributed by atoms with Crippen molar-refractivity contribution in [2.45, 2.75) is 58.8 Å². The molecule has 0 bridgehead atoms. The molecule has 0 N–H and O–H groups in total. The van der Waals surface area contributed by atoms with Crippen molar-refractivity contribution in [1.82, 2.24) is 0 Å². The molecule has 0 spiro atoms. The number of nitrogens with zero attached hydrogens (tertiary/aromatic N) is 1. The Kier molecular flexibility index (Phi) is 6.65. The highest BCUT2D eigenvalue weighted by molar-refractivity contribution is 6.03. The molecule has 0 saturated carbocycles. The van der Waals surface area contributed by atoms with Crippen LogP contribution in [0, 0.1) is 0 Å². The molecule has 3 rings (SSSR count). The number of benzene rings is 3. The molecule has 0 aliphatic carbocycles. The van der Waals surface area contributed by atoms with Crippen molar-refractivity contribution < 1.29 is 0 Å². The molecule has 3 aromatic carbocycles. The smallest absolute Gasteiger partial charge is 0.0519 e. The van der Waals surface area contributed by atoms with Gasteiger partial charge in [-0.2, -0.15) is 0 Å². The summed E-state index contributed by atoms with van der Waals surface area (Å²) in [6.45, 7) is 18.0. The van der Waals surface area contributed by atoms with E-state index in [1.54, 1.807) is 0 Å². The summed E-state index contributed by atoms with van der Waals surface area (Å²) in [4.78, 5) is 5.01. The summed E-state index contributed by atoms with van der Waals surface area (Å²) in [6, 6.07) is 25.5. The monoisotopic (exact) mass is 409 g/mol. The van der Waals surface area contributed by atoms with E-state index in [9.17, 15) is 0 Å². The third-order valence-electron chi connectivity index (χ3n) is 5.58. The second-order valence-electron chi connectivity index (χ2n) is 10.3. The van der Waals surface area contributed by atoms with E-state index in [0.717, 1.165) is 28.1 Å². The summed E-state index contributed by atoms with van der Waals surface area (Å²) >= 11 is 0. The molecule has 0 radical (unpaired) electrons. The van der Waals surface area contributed by atoms with Gasteiger partial charge < -0.3 is 0 Å². The summed E-state index contributed by atoms with van der Waals surface area (Å²) < 4.78 is 0. The molecule has 0 aliphatic rings. The first-order valence-electron chi connectivity index (χ1n) is 11.1. The van der Waals surface area contributed by atoms with E-state index in [0.29, 0.717) is 0 Å². The Morgan fingerprint density at radius 2 is 1.26 bits per heavy atom. The van der Waals surface area contributed by atoms with Gasteiger partial charge in [-0.25, -0.2) is 0 Å². The molecule has 0 saturated heterocycles. The zero-order chi connectivity index (χ0) is 22.6. The molecular weight excluding hydrogens is 374 g/mol. The summed E-state index contributed by atoms with van der Waals surface area (Å²) in [5, 5.41) is 2.28. The number of hydrogen-bond donors (Lipinski definition) is 0. The van der Waals surface area contributed by atoms with Crippen molar-refractivity contribution in [3.8, 4) is 0 Å². The Bertz CT molecular complexity index is 1110. The standard InChI is InChI=1S/C30H35N/c1-22-26(29(2,3)4)18-24(19-27(22)30(5,6)7)21-31-28(25-16-12-9-13-17-25)20-23-14-10-8-11-15-23/h8-19,21H,1,20H2,2-7H3. The zero-order valence-electron chi connectivity index (χ0n) is 19.9. The van der Waals surface area contributed by atoms with Gasteiger partial charge in [0.15, 0.2) is 0 Å². The highest BCUT2D eigenvalue weighted by atomic mass is 14.7. The third-order valence-corrected chi connectivity index (χ3v) is 5.58. The Balaban J connectivity index is 2.17. The second-order valence-corrected chi connectivity index (χ2v) is 10.3. The van der Waals surface area contributed by atoms with E-state index >= 15 is 0 Å². The fourth-order valence-corrected chi connectivity index (χ4v) is 3.90. The molecule has 3 aromatic rings. The SMILES string of the molecule is C=c1c(C(C)(C)C)cc(=CN=C(Cc2ccccc2)c2ccccc2)cc1C(C)(C)C. The van der Waals surface area contributed by atoms with Crippen molar-refractivity contribution in [3.05, 3.63) is 105 Å². The van der Waals surface area contributed by atoms with Crippen LogP contribution in [-0.4, -0.2) is 5.71 Å². The van der Waals surface area contributed by atoms with Gasteiger partial charge >= 0.3 is 0 Å². The summed E-state index contributed by atoms with van der Waals surface area (Å²) in [5.74, 6) is 0. The van der Waals surface area contributed by atoms with Crippen molar-refractivity contribution >= 4 is 18.5 Å². The van der Waals surface area contributed by atoms with Gasteiger partial charge in [-0.3, -0.25) is 4.99 Å². The summed E-state index contributed by atoms with van der Waals surface area (Å²) in [5.41, 5.74) is 6.10. The molecule has 1 nitrogen and oxygen atoms in total. The highest BCUT2D eigenvalue weighted by Crippen LogP contribution is 2.22. The van der Waals surface area contributed by atoms with E-state index in [4.69, 9.17) is 4.99 Å². The third kappa shape index (κ3) is 5.82. The van der Waals surface area contributed by atoms with Gasteiger partial charge in [-0.1, -0.05) is 109 Å². The lowest BCUT2D eigenvalue weighted by atomic mass is 9.78. The van der Waals surface area contributed by atoms with Crippen LogP contribution in [0.4, 0.5) is 0 Å². The average Bonchev–Trinajstić information content (AvgIpc) is 2.71. The van der Waals surface area contributed by atoms with Gasteiger partial charge in [0.25, 0.3) is 0 Å². The molecule has 160 valence electrons. The topological polar surface area (TPSA) is 12.4 Å². The minimum absolute atomic E-state index is 0.0247. The zero-order valence-corrected chi connectivity index (χ0v) is 19.9. The number of aliphatic imine (C=N–C) groups is 1. The normalized spacial score (nSPS) is 12.6. The first-order valence-corrected chi connectivity index (χ1v) is 11.1. The number of hydrogen-bond acceptors (Lipinski definition) is 1. The first-order chi connectivity index (χ1) is 14.6. The predicted molar refractivity (Wildman–Crippen MR) is 136 cm³/mol. The maximum absolute atomic E-state index is 5.01. The largest absolute Gasteiger partial charge is 0.260 e. The van der Waals surface area contributed by atoms with Crippen LogP contribution in [0.15, 0.2) is 77.8 Å². The van der Waals surface area contributed by atoms with Crippen LogP contribution in [0.3, 0.4) is 0 Å². The summed E-state index contributed by atoms with van der Waals surface area (Å²) in [7, 11) is 0. The van der Waals surface area contributed by atoms with E-state index < -0.39 is 0 Å². The lowest BCUT2D eigenvalue weighted by Crippen LogP contribution is -2.33. The van der Waals surface area contributed by atoms with Gasteiger partial charge in [0.2, 0.25) is 0 Å². The molecule has 31 heavy (non-hydrogen) atoms. The van der Waals surface area contributed by atoms with Crippen LogP contribution < -0.4 is 10.4 Å². The van der Waals surface area contributed by atoms with Gasteiger partial charge in [-0.05, 0) is 55.7 Å². The van der Waals surface area contributed by atoms with Gasteiger partial charge in [0, 0.05) is 12.6 Å². The molecule has 1 heteroatoms. The van der Waals surface area contributed by atoms with Crippen LogP contribution in [0.25, 0.3) is 12.8 Å². The molecule has 0 unspecified atom stereocenters. The Hall–Kier alpha value is -2.93. The second kappa shape index (κ2) is 9.06. The fraction of sp³-hybridized carbons (Fsp3) is 0.300. The Morgan fingerprint density at radius 1 is 0.774 bits per heavy atom. The van der Waals surface area contributed by atoms with Crippen LogP contribution in [0.1, 0.15) is 63.8 Å². The Morgan fingerprint density at radius 3 is 1.74 bits per heavy atom. The molecule has 0 amide bonds. The average molecular weight is 410 g/mol. The van der Waals surface area contributed by atoms with Crippen LogP contribution >= 0.6 is 0 Å². The van der Waals surface area contributed by atoms with Gasteiger partial charge in [0.05, 0.1) is 5.71 Å². The van der Waals surface area contributed by atoms with Crippen LogP contribution in [0.2, 0.25) is 0 Å². The Labute approximate surface area is 187 Å². The maximum Gasteiger partial charge on any atom is 0.0519 e. The minimum atomic E-state index is 0.0247.